The molecule has 5 rings (SSSR count). The van der Waals surface area contributed by atoms with Gasteiger partial charge in [-0.2, -0.15) is 10.1 Å². The standard InChI is InChI=1S/C20H20FN7O/c1-12-16-17(27-20(6-7-20)18(29)25-16)26-19(24-12)22-8-14-9-23-28(11-14)10-13-2-4-15(21)5-3-13/h2-5,9,11H,6-8,10H2,1H3,(H,25,29)(H2,22,24,26,27). The highest BCUT2D eigenvalue weighted by Gasteiger charge is 2.53. The number of anilines is 3. The van der Waals surface area contributed by atoms with E-state index in [1.807, 2.05) is 13.1 Å². The molecule has 1 fully saturated rings. The van der Waals surface area contributed by atoms with E-state index in [1.54, 1.807) is 23.0 Å². The minimum atomic E-state index is -0.493. The minimum absolute atomic E-state index is 0.00835. The molecule has 0 radical (unpaired) electrons. The molecule has 1 spiro atoms. The summed E-state index contributed by atoms with van der Waals surface area (Å²) in [5.41, 5.74) is 2.81. The van der Waals surface area contributed by atoms with Gasteiger partial charge in [0.1, 0.15) is 17.0 Å². The van der Waals surface area contributed by atoms with E-state index in [-0.39, 0.29) is 11.7 Å². The first-order valence-electron chi connectivity index (χ1n) is 9.49. The number of nitrogens with zero attached hydrogens (tertiary/aromatic N) is 4. The second-order valence-electron chi connectivity index (χ2n) is 7.54. The first kappa shape index (κ1) is 17.6. The number of aryl methyl sites for hydroxylation is 1. The maximum Gasteiger partial charge on any atom is 0.250 e. The molecule has 1 aromatic carbocycles. The van der Waals surface area contributed by atoms with Crippen molar-refractivity contribution in [3.05, 3.63) is 59.3 Å². The minimum Gasteiger partial charge on any atom is -0.354 e. The van der Waals surface area contributed by atoms with Crippen LogP contribution in [0.15, 0.2) is 36.7 Å². The zero-order valence-corrected chi connectivity index (χ0v) is 15.9. The van der Waals surface area contributed by atoms with E-state index in [9.17, 15) is 9.18 Å². The molecule has 2 aliphatic rings. The van der Waals surface area contributed by atoms with Crippen LogP contribution in [0.1, 0.15) is 29.7 Å². The van der Waals surface area contributed by atoms with Gasteiger partial charge < -0.3 is 16.0 Å². The van der Waals surface area contributed by atoms with Gasteiger partial charge in [-0.05, 0) is 37.5 Å². The number of amides is 1. The predicted octanol–water partition coefficient (Wildman–Crippen LogP) is 2.68. The first-order chi connectivity index (χ1) is 14.0. The Balaban J connectivity index is 1.26. The molecule has 1 saturated carbocycles. The summed E-state index contributed by atoms with van der Waals surface area (Å²) >= 11 is 0. The first-order valence-corrected chi connectivity index (χ1v) is 9.49. The number of carbonyl (C=O) groups excluding carboxylic acids is 1. The monoisotopic (exact) mass is 393 g/mol. The van der Waals surface area contributed by atoms with Crippen LogP contribution < -0.4 is 16.0 Å². The molecule has 1 aliphatic heterocycles. The van der Waals surface area contributed by atoms with Crippen molar-refractivity contribution in [1.29, 1.82) is 0 Å². The Labute approximate surface area is 166 Å². The molecule has 3 heterocycles. The molecule has 2 aromatic heterocycles. The molecule has 3 aromatic rings. The molecule has 3 N–H and O–H groups in total. The van der Waals surface area contributed by atoms with Crippen molar-refractivity contribution in [3.8, 4) is 0 Å². The third kappa shape index (κ3) is 3.39. The van der Waals surface area contributed by atoms with Crippen molar-refractivity contribution in [2.75, 3.05) is 16.0 Å². The molecular weight excluding hydrogens is 373 g/mol. The summed E-state index contributed by atoms with van der Waals surface area (Å²) in [6.07, 6.45) is 5.34. The smallest absolute Gasteiger partial charge is 0.250 e. The lowest BCUT2D eigenvalue weighted by Crippen LogP contribution is -2.41. The van der Waals surface area contributed by atoms with Gasteiger partial charge in [0.15, 0.2) is 5.82 Å². The average molecular weight is 393 g/mol. The van der Waals surface area contributed by atoms with Gasteiger partial charge in [-0.1, -0.05) is 12.1 Å². The fraction of sp³-hybridized carbons (Fsp3) is 0.300. The Hall–Kier alpha value is -3.49. The average Bonchev–Trinajstić information content (AvgIpc) is 3.33. The Bertz CT molecular complexity index is 1090. The third-order valence-corrected chi connectivity index (χ3v) is 5.27. The molecule has 0 bridgehead atoms. The molecule has 8 nitrogen and oxygen atoms in total. The van der Waals surface area contributed by atoms with Gasteiger partial charge in [0, 0.05) is 18.3 Å². The zero-order valence-electron chi connectivity index (χ0n) is 15.9. The number of hydrogen-bond acceptors (Lipinski definition) is 6. The number of rotatable bonds is 5. The summed E-state index contributed by atoms with van der Waals surface area (Å²) in [7, 11) is 0. The molecule has 0 unspecified atom stereocenters. The third-order valence-electron chi connectivity index (χ3n) is 5.27. The second kappa shape index (κ2) is 6.54. The SMILES string of the molecule is Cc1nc(NCc2cnn(Cc3ccc(F)cc3)c2)nc2c1NC(=O)C1(CC1)N2. The van der Waals surface area contributed by atoms with Crippen LogP contribution >= 0.6 is 0 Å². The van der Waals surface area contributed by atoms with Gasteiger partial charge in [-0.15, -0.1) is 0 Å². The van der Waals surface area contributed by atoms with Crippen LogP contribution in [0.3, 0.4) is 0 Å². The fourth-order valence-corrected chi connectivity index (χ4v) is 3.43. The van der Waals surface area contributed by atoms with Gasteiger partial charge >= 0.3 is 0 Å². The lowest BCUT2D eigenvalue weighted by molar-refractivity contribution is -0.117. The summed E-state index contributed by atoms with van der Waals surface area (Å²) in [5.74, 6) is 0.892. The van der Waals surface area contributed by atoms with Crippen molar-refractivity contribution in [1.82, 2.24) is 19.7 Å². The summed E-state index contributed by atoms with van der Waals surface area (Å²) < 4.78 is 14.8. The van der Waals surface area contributed by atoms with E-state index < -0.39 is 5.54 Å². The number of fused-ring (bicyclic) bond motifs is 1. The van der Waals surface area contributed by atoms with E-state index >= 15 is 0 Å². The number of benzene rings is 1. The van der Waals surface area contributed by atoms with Crippen molar-refractivity contribution >= 4 is 23.4 Å². The van der Waals surface area contributed by atoms with Gasteiger partial charge in [0.05, 0.1) is 18.4 Å². The lowest BCUT2D eigenvalue weighted by Gasteiger charge is -2.26. The molecule has 0 atom stereocenters. The molecule has 29 heavy (non-hydrogen) atoms. The van der Waals surface area contributed by atoms with E-state index in [4.69, 9.17) is 0 Å². The normalized spacial score (nSPS) is 16.1. The summed E-state index contributed by atoms with van der Waals surface area (Å²) in [6, 6.07) is 6.38. The molecule has 9 heteroatoms. The van der Waals surface area contributed by atoms with Gasteiger partial charge in [-0.3, -0.25) is 9.48 Å². The van der Waals surface area contributed by atoms with Gasteiger partial charge in [0.25, 0.3) is 0 Å². The van der Waals surface area contributed by atoms with Crippen molar-refractivity contribution in [2.24, 2.45) is 0 Å². The molecule has 0 saturated heterocycles. The van der Waals surface area contributed by atoms with Crippen LogP contribution in [0, 0.1) is 12.7 Å². The van der Waals surface area contributed by atoms with Crippen molar-refractivity contribution < 1.29 is 9.18 Å². The molecular formula is C20H20FN7O. The highest BCUT2D eigenvalue weighted by Crippen LogP contribution is 2.45. The quantitative estimate of drug-likeness (QED) is 0.617. The van der Waals surface area contributed by atoms with Crippen LogP contribution in [0.25, 0.3) is 0 Å². The molecule has 1 amide bonds. The Morgan fingerprint density at radius 3 is 2.76 bits per heavy atom. The number of aromatic nitrogens is 4. The maximum absolute atomic E-state index is 13.0. The summed E-state index contributed by atoms with van der Waals surface area (Å²) in [5, 5.41) is 13.8. The second-order valence-corrected chi connectivity index (χ2v) is 7.54. The van der Waals surface area contributed by atoms with Gasteiger partial charge in [0.2, 0.25) is 11.9 Å². The topological polar surface area (TPSA) is 96.8 Å². The van der Waals surface area contributed by atoms with Crippen LogP contribution in [0.2, 0.25) is 0 Å². The van der Waals surface area contributed by atoms with Crippen LogP contribution in [-0.2, 0) is 17.9 Å². The Morgan fingerprint density at radius 1 is 1.21 bits per heavy atom. The van der Waals surface area contributed by atoms with Crippen molar-refractivity contribution in [2.45, 2.75) is 38.4 Å². The number of carbonyl (C=O) groups is 1. The van der Waals surface area contributed by atoms with Gasteiger partial charge in [-0.25, -0.2) is 9.37 Å². The molecule has 148 valence electrons. The van der Waals surface area contributed by atoms with E-state index in [1.165, 1.54) is 12.1 Å². The summed E-state index contributed by atoms with van der Waals surface area (Å²) in [6.45, 7) is 2.93. The number of hydrogen-bond donors (Lipinski definition) is 3. The predicted molar refractivity (Wildman–Crippen MR) is 106 cm³/mol. The number of halogens is 1. The Kier molecular flexibility index (Phi) is 3.97. The molecule has 1 aliphatic carbocycles. The zero-order chi connectivity index (χ0) is 20.0. The van der Waals surface area contributed by atoms with E-state index in [0.29, 0.717) is 36.2 Å². The fourth-order valence-electron chi connectivity index (χ4n) is 3.43. The number of nitrogens with one attached hydrogen (secondary N) is 3. The van der Waals surface area contributed by atoms with E-state index in [0.717, 1.165) is 24.0 Å². The highest BCUT2D eigenvalue weighted by molar-refractivity contribution is 6.07. The van der Waals surface area contributed by atoms with Crippen LogP contribution in [0.4, 0.5) is 21.8 Å². The maximum atomic E-state index is 13.0. The highest BCUT2D eigenvalue weighted by atomic mass is 19.1. The van der Waals surface area contributed by atoms with Crippen LogP contribution in [-0.4, -0.2) is 31.2 Å². The Morgan fingerprint density at radius 2 is 2.00 bits per heavy atom. The van der Waals surface area contributed by atoms with Crippen molar-refractivity contribution in [3.63, 3.8) is 0 Å². The lowest BCUT2D eigenvalue weighted by atomic mass is 10.1. The largest absolute Gasteiger partial charge is 0.354 e. The van der Waals surface area contributed by atoms with E-state index in [2.05, 4.69) is 31.0 Å². The summed E-state index contributed by atoms with van der Waals surface area (Å²) in [4.78, 5) is 21.1. The van der Waals surface area contributed by atoms with Crippen LogP contribution in [0.5, 0.6) is 0 Å².